The lowest BCUT2D eigenvalue weighted by atomic mass is 9.84. The lowest BCUT2D eigenvalue weighted by Crippen LogP contribution is -2.31. The number of carboxylic acids is 8. The topological polar surface area (TPSA) is 518 Å². The number of anilines is 2. The van der Waals surface area contributed by atoms with E-state index in [0.29, 0.717) is 138 Å². The molecule has 0 unspecified atom stereocenters. The summed E-state index contributed by atoms with van der Waals surface area (Å²) in [4.78, 5) is 101. The lowest BCUT2D eigenvalue weighted by molar-refractivity contribution is -0.139. The van der Waals surface area contributed by atoms with E-state index in [9.17, 15) is 89.4 Å². The van der Waals surface area contributed by atoms with Gasteiger partial charge < -0.3 is 99.4 Å². The highest BCUT2D eigenvalue weighted by Crippen LogP contribution is 2.45. The summed E-state index contributed by atoms with van der Waals surface area (Å²) in [6, 6.07) is 14.6. The van der Waals surface area contributed by atoms with E-state index >= 15 is 0 Å². The summed E-state index contributed by atoms with van der Waals surface area (Å²) < 4.78 is 31.0. The van der Waals surface area contributed by atoms with Crippen molar-refractivity contribution in [3.05, 3.63) is 119 Å². The number of aryl methyl sites for hydroxylation is 4. The number of benzene rings is 2. The van der Waals surface area contributed by atoms with Gasteiger partial charge in [0.2, 0.25) is 0 Å². The van der Waals surface area contributed by atoms with Crippen molar-refractivity contribution in [3.63, 3.8) is 0 Å². The van der Waals surface area contributed by atoms with Gasteiger partial charge in [-0.25, -0.2) is 0 Å². The number of carbonyl (C=O) groups is 8. The second kappa shape index (κ2) is 48.0. The second-order valence-electron chi connectivity index (χ2n) is 26.5. The summed E-state index contributed by atoms with van der Waals surface area (Å²) in [6.45, 7) is 8.51. The van der Waals surface area contributed by atoms with Crippen molar-refractivity contribution >= 4 is 70.3 Å². The van der Waals surface area contributed by atoms with Crippen molar-refractivity contribution in [1.29, 1.82) is 0 Å². The number of aliphatic hydroxyl groups is 2. The molecular weight excluding hydrogens is 1470 g/mol. The molecule has 0 saturated carbocycles. The molecule has 0 bridgehead atoms. The number of aliphatic hydroxyl groups excluding tert-OH is 2. The fraction of sp³-hybridized carbons (Fsp3) is 0.556. The molecule has 6 aromatic rings. The first kappa shape index (κ1) is 88.3. The van der Waals surface area contributed by atoms with E-state index in [0.717, 1.165) is 11.4 Å². The largest absolute Gasteiger partial charge is 0.506 e. The minimum absolute atomic E-state index is 0.109. The minimum atomic E-state index is -0.972. The van der Waals surface area contributed by atoms with Gasteiger partial charge in [-0.2, -0.15) is 0 Å². The van der Waals surface area contributed by atoms with Gasteiger partial charge >= 0.3 is 47.8 Å². The normalized spacial score (nSPS) is 12.2. The Labute approximate surface area is 645 Å². The first-order chi connectivity index (χ1) is 53.9. The zero-order valence-electron chi connectivity index (χ0n) is 62.6. The number of allylic oxidation sites excluding steroid dienone is 2. The molecular formula is C72H102N18O22. The maximum absolute atomic E-state index is 11.7. The van der Waals surface area contributed by atoms with Crippen LogP contribution in [0.25, 0.3) is 11.1 Å². The average Bonchev–Trinajstić information content (AvgIpc) is 0.842. The van der Waals surface area contributed by atoms with Crippen molar-refractivity contribution < 1.29 is 108 Å². The molecule has 0 spiro atoms. The van der Waals surface area contributed by atoms with E-state index in [1.165, 1.54) is 0 Å². The van der Waals surface area contributed by atoms with Crippen LogP contribution in [0.1, 0.15) is 111 Å². The van der Waals surface area contributed by atoms with Gasteiger partial charge in [0.1, 0.15) is 34.3 Å². The predicted molar refractivity (Wildman–Crippen MR) is 397 cm³/mol. The third kappa shape index (κ3) is 33.4. The number of rotatable bonds is 64. The number of carboxylic acid groups (broad SMARTS) is 8. The van der Waals surface area contributed by atoms with Gasteiger partial charge in [-0.3, -0.25) is 57.1 Å². The van der Waals surface area contributed by atoms with E-state index in [2.05, 4.69) is 41.2 Å². The molecule has 4 aromatic heterocycles. The Hall–Kier alpha value is -10.9. The van der Waals surface area contributed by atoms with Crippen LogP contribution in [-0.4, -0.2) is 310 Å². The SMILES string of the molecule is O=C(O)CCN(CCCn1cc(COCCN(CCOCc2cn(CCCN(CCC(=O)O)CCC(=O)O)nn2)c2ccc(C3=C(O)C(c4ccc(N(CCOCc5cn(CCCN(CCC(=O)O)CCC(=O)O)nn5)CCOCc5cn(CCCN(CCC(=O)O)CCC(=O)O)nn5)cc4)=C3O)cc2)nn1)CCC(=O)O. The summed E-state index contributed by atoms with van der Waals surface area (Å²) in [5.74, 6) is -7.99. The third-order valence-corrected chi connectivity index (χ3v) is 17.9. The molecule has 0 fully saturated rings. The van der Waals surface area contributed by atoms with Crippen LogP contribution >= 0.6 is 0 Å². The minimum Gasteiger partial charge on any atom is -0.506 e. The quantitative estimate of drug-likeness (QED) is 0.0245. The Kier molecular flexibility index (Phi) is 37.9. The van der Waals surface area contributed by atoms with Crippen molar-refractivity contribution in [3.8, 4) is 0 Å². The van der Waals surface area contributed by atoms with Gasteiger partial charge in [-0.15, -0.1) is 20.4 Å². The molecule has 10 N–H and O–H groups in total. The second-order valence-corrected chi connectivity index (χ2v) is 26.5. The molecule has 4 heterocycles. The fourth-order valence-electron chi connectivity index (χ4n) is 12.0. The summed E-state index contributed by atoms with van der Waals surface area (Å²) in [5.41, 5.74) is 5.43. The predicted octanol–water partition coefficient (Wildman–Crippen LogP) is 3.35. The Morgan fingerprint density at radius 2 is 0.500 bits per heavy atom. The zero-order valence-corrected chi connectivity index (χ0v) is 62.6. The van der Waals surface area contributed by atoms with Crippen LogP contribution in [0.15, 0.2) is 84.8 Å². The zero-order chi connectivity index (χ0) is 80.6. The molecule has 1 aliphatic rings. The van der Waals surface area contributed by atoms with Gasteiger partial charge in [0.15, 0.2) is 0 Å². The van der Waals surface area contributed by atoms with Crippen molar-refractivity contribution in [2.75, 3.05) is 141 Å². The molecule has 612 valence electrons. The van der Waals surface area contributed by atoms with Crippen LogP contribution < -0.4 is 9.80 Å². The number of aromatic nitrogens is 12. The molecule has 7 rings (SSSR count). The molecule has 0 amide bonds. The van der Waals surface area contributed by atoms with Crippen LogP contribution in [-0.2, 0) is 110 Å². The Morgan fingerprint density at radius 1 is 0.295 bits per heavy atom. The van der Waals surface area contributed by atoms with E-state index in [-0.39, 0.29) is 179 Å². The van der Waals surface area contributed by atoms with E-state index < -0.39 is 47.8 Å². The molecule has 2 aromatic carbocycles. The number of aliphatic carboxylic acids is 8. The standard InChI is InChI=1S/C72H102N18O22/c91-61(92)13-29-81(30-14-62(93)94)21-1-25-87-45-55(73-77-87)49-109-41-37-85(38-42-110-50-56-46-88(78-74-56)26-2-22-82(31-15-63(95)96)32-16-64(97)98)59-9-5-53(6-10-59)69-71(107)70(72(69)108)54-7-11-60(12-8-54)86(39-43-111-51-57-47-89(79-75-57)27-3-23-83(33-17-65(99)100)34-18-66(101)102)40-44-112-52-58-48-90(80-76-58)28-4-24-84(35-19-67(103)104)36-20-68(105)106/h5-12,45-48,107-108H,1-4,13-44,49-52H2,(H,91,92)(H,93,94)(H,95,96)(H,97,98)(H,99,100)(H,101,102)(H,103,104)(H,105,106). The van der Waals surface area contributed by atoms with Crippen LogP contribution in [0, 0.1) is 0 Å². The van der Waals surface area contributed by atoms with Crippen LogP contribution in [0.5, 0.6) is 0 Å². The average molecular weight is 1570 g/mol. The molecule has 0 saturated heterocycles. The highest BCUT2D eigenvalue weighted by atomic mass is 16.5. The number of hydrogen-bond acceptors (Lipinski definition) is 28. The van der Waals surface area contributed by atoms with Crippen LogP contribution in [0.4, 0.5) is 11.4 Å². The molecule has 0 radical (unpaired) electrons. The third-order valence-electron chi connectivity index (χ3n) is 17.9. The first-order valence-corrected chi connectivity index (χ1v) is 37.0. The summed E-state index contributed by atoms with van der Waals surface area (Å²) in [5, 5.41) is 131. The van der Waals surface area contributed by atoms with Gasteiger partial charge in [0, 0.05) is 116 Å². The molecule has 0 atom stereocenters. The number of hydrogen-bond donors (Lipinski definition) is 10. The lowest BCUT2D eigenvalue weighted by Gasteiger charge is -2.27. The number of ether oxygens (including phenoxy) is 4. The monoisotopic (exact) mass is 1570 g/mol. The Bertz CT molecular complexity index is 3480. The highest BCUT2D eigenvalue weighted by Gasteiger charge is 2.32. The summed E-state index contributed by atoms with van der Waals surface area (Å²) in [7, 11) is 0. The van der Waals surface area contributed by atoms with Crippen molar-refractivity contribution in [1.82, 2.24) is 79.6 Å². The van der Waals surface area contributed by atoms with Gasteiger partial charge in [0.05, 0.1) is 140 Å². The number of nitrogens with zero attached hydrogens (tertiary/aromatic N) is 18. The van der Waals surface area contributed by atoms with E-state index in [1.807, 2.05) is 34.1 Å². The Balaban J connectivity index is 0.974. The molecule has 0 aliphatic heterocycles. The van der Waals surface area contributed by atoms with Crippen LogP contribution in [0.2, 0.25) is 0 Å². The van der Waals surface area contributed by atoms with Crippen molar-refractivity contribution in [2.24, 2.45) is 0 Å². The maximum atomic E-state index is 11.7. The van der Waals surface area contributed by atoms with Gasteiger partial charge in [-0.05, 0) is 87.3 Å². The maximum Gasteiger partial charge on any atom is 0.304 e. The van der Waals surface area contributed by atoms with E-state index in [4.69, 9.17) is 18.9 Å². The smallest absolute Gasteiger partial charge is 0.304 e. The van der Waals surface area contributed by atoms with Crippen molar-refractivity contribution in [2.45, 2.75) is 130 Å². The molecule has 40 nitrogen and oxygen atoms in total. The Morgan fingerprint density at radius 3 is 0.696 bits per heavy atom. The molecule has 112 heavy (non-hydrogen) atoms. The summed E-state index contributed by atoms with van der Waals surface area (Å²) in [6.07, 6.45) is 8.37. The first-order valence-electron chi connectivity index (χ1n) is 37.0. The molecule has 1 aliphatic carbocycles. The van der Waals surface area contributed by atoms with Crippen LogP contribution in [0.3, 0.4) is 0 Å². The van der Waals surface area contributed by atoms with Gasteiger partial charge in [0.25, 0.3) is 0 Å². The van der Waals surface area contributed by atoms with Gasteiger partial charge in [-0.1, -0.05) is 45.1 Å². The molecule has 40 heteroatoms. The fourth-order valence-corrected chi connectivity index (χ4v) is 12.0. The summed E-state index contributed by atoms with van der Waals surface area (Å²) >= 11 is 0. The highest BCUT2D eigenvalue weighted by molar-refractivity contribution is 6.06. The van der Waals surface area contributed by atoms with E-state index in [1.54, 1.807) is 87.4 Å².